The molecule has 0 heterocycles. The van der Waals surface area contributed by atoms with Crippen molar-refractivity contribution in [2.24, 2.45) is 0 Å². The zero-order valence-corrected chi connectivity index (χ0v) is 10.6. The Labute approximate surface area is 106 Å². The van der Waals surface area contributed by atoms with Crippen LogP contribution in [0.4, 0.5) is 0 Å². The number of benzene rings is 2. The van der Waals surface area contributed by atoms with E-state index in [-0.39, 0.29) is 5.97 Å². The van der Waals surface area contributed by atoms with Crippen LogP contribution in [0, 0.1) is 0 Å². The van der Waals surface area contributed by atoms with Crippen molar-refractivity contribution in [3.05, 3.63) is 42.5 Å². The number of hydrogen-bond donors (Lipinski definition) is 0. The number of hydrogen-bond acceptors (Lipinski definition) is 3. The van der Waals surface area contributed by atoms with E-state index in [0.717, 1.165) is 10.8 Å². The zero-order chi connectivity index (χ0) is 13.0. The first-order valence-electron chi connectivity index (χ1n) is 6.03. The second-order valence-electron chi connectivity index (χ2n) is 4.02. The van der Waals surface area contributed by atoms with E-state index in [1.807, 2.05) is 42.5 Å². The molecule has 94 valence electrons. The molecule has 0 saturated heterocycles. The molecule has 2 aromatic rings. The van der Waals surface area contributed by atoms with Gasteiger partial charge in [0.2, 0.25) is 0 Å². The van der Waals surface area contributed by atoms with Crippen molar-refractivity contribution in [1.29, 1.82) is 0 Å². The van der Waals surface area contributed by atoms with Crippen LogP contribution in [0.3, 0.4) is 0 Å². The third-order valence-electron chi connectivity index (χ3n) is 2.65. The van der Waals surface area contributed by atoms with E-state index < -0.39 is 6.10 Å². The number of ether oxygens (including phenoxy) is 2. The Kier molecular flexibility index (Phi) is 3.82. The summed E-state index contributed by atoms with van der Waals surface area (Å²) in [6.07, 6.45) is -0.592. The second kappa shape index (κ2) is 5.54. The van der Waals surface area contributed by atoms with E-state index in [9.17, 15) is 4.79 Å². The summed E-state index contributed by atoms with van der Waals surface area (Å²) in [7, 11) is 0. The number of esters is 1. The highest BCUT2D eigenvalue weighted by atomic mass is 16.6. The number of carbonyl (C=O) groups excluding carboxylic acids is 1. The van der Waals surface area contributed by atoms with Crippen LogP contribution in [0.15, 0.2) is 42.5 Å². The molecule has 2 aromatic carbocycles. The first-order chi connectivity index (χ1) is 8.70. The smallest absolute Gasteiger partial charge is 0.347 e. The highest BCUT2D eigenvalue weighted by Crippen LogP contribution is 2.21. The third kappa shape index (κ3) is 2.80. The van der Waals surface area contributed by atoms with Gasteiger partial charge in [0, 0.05) is 0 Å². The van der Waals surface area contributed by atoms with E-state index in [2.05, 4.69) is 0 Å². The molecule has 0 fully saturated rings. The molecule has 0 radical (unpaired) electrons. The maximum Gasteiger partial charge on any atom is 0.347 e. The highest BCUT2D eigenvalue weighted by Gasteiger charge is 2.15. The van der Waals surface area contributed by atoms with Crippen LogP contribution < -0.4 is 4.74 Å². The molecule has 18 heavy (non-hydrogen) atoms. The molecular formula is C15H16O3. The molecular weight excluding hydrogens is 228 g/mol. The molecule has 0 amide bonds. The maximum atomic E-state index is 11.5. The normalized spacial score (nSPS) is 12.1. The number of rotatable bonds is 4. The van der Waals surface area contributed by atoms with Crippen LogP contribution in [0.25, 0.3) is 10.8 Å². The number of fused-ring (bicyclic) bond motifs is 1. The molecule has 0 bridgehead atoms. The fraction of sp³-hybridized carbons (Fsp3) is 0.267. The van der Waals surface area contributed by atoms with Gasteiger partial charge in [0.25, 0.3) is 0 Å². The van der Waals surface area contributed by atoms with Gasteiger partial charge in [-0.2, -0.15) is 0 Å². The van der Waals surface area contributed by atoms with Crippen LogP contribution >= 0.6 is 0 Å². The molecule has 1 atom stereocenters. The minimum absolute atomic E-state index is 0.342. The van der Waals surface area contributed by atoms with Crippen molar-refractivity contribution < 1.29 is 14.3 Å². The summed E-state index contributed by atoms with van der Waals surface area (Å²) >= 11 is 0. The fourth-order valence-electron chi connectivity index (χ4n) is 1.75. The van der Waals surface area contributed by atoms with Crippen LogP contribution in [-0.2, 0) is 9.53 Å². The summed E-state index contributed by atoms with van der Waals surface area (Å²) in [5, 5.41) is 2.24. The van der Waals surface area contributed by atoms with Gasteiger partial charge in [0.15, 0.2) is 6.10 Å². The van der Waals surface area contributed by atoms with Crippen molar-refractivity contribution >= 4 is 16.7 Å². The second-order valence-corrected chi connectivity index (χ2v) is 4.02. The molecule has 0 saturated carbocycles. The minimum Gasteiger partial charge on any atom is -0.479 e. The Hall–Kier alpha value is -2.03. The van der Waals surface area contributed by atoms with Gasteiger partial charge >= 0.3 is 5.97 Å². The van der Waals surface area contributed by atoms with Gasteiger partial charge in [0.1, 0.15) is 5.75 Å². The van der Waals surface area contributed by atoms with Gasteiger partial charge in [-0.1, -0.05) is 30.3 Å². The van der Waals surface area contributed by atoms with Crippen molar-refractivity contribution in [3.63, 3.8) is 0 Å². The molecule has 0 unspecified atom stereocenters. The van der Waals surface area contributed by atoms with Gasteiger partial charge in [0.05, 0.1) is 6.61 Å². The highest BCUT2D eigenvalue weighted by molar-refractivity contribution is 5.84. The van der Waals surface area contributed by atoms with Crippen molar-refractivity contribution in [1.82, 2.24) is 0 Å². The largest absolute Gasteiger partial charge is 0.479 e. The summed E-state index contributed by atoms with van der Waals surface area (Å²) < 4.78 is 10.5. The SMILES string of the molecule is CCOC(=O)[C@H](C)Oc1ccc2ccccc2c1. The van der Waals surface area contributed by atoms with Crippen LogP contribution in [-0.4, -0.2) is 18.7 Å². The molecule has 0 aliphatic carbocycles. The molecule has 0 N–H and O–H groups in total. The average Bonchev–Trinajstić information content (AvgIpc) is 2.39. The molecule has 0 aromatic heterocycles. The van der Waals surface area contributed by atoms with Gasteiger partial charge in [-0.15, -0.1) is 0 Å². The predicted molar refractivity (Wildman–Crippen MR) is 70.7 cm³/mol. The van der Waals surface area contributed by atoms with Gasteiger partial charge in [-0.3, -0.25) is 0 Å². The first-order valence-corrected chi connectivity index (χ1v) is 6.03. The van der Waals surface area contributed by atoms with Crippen LogP contribution in [0.2, 0.25) is 0 Å². The molecule has 0 spiro atoms. The predicted octanol–water partition coefficient (Wildman–Crippen LogP) is 3.17. The first kappa shape index (κ1) is 12.4. The lowest BCUT2D eigenvalue weighted by Crippen LogP contribution is -2.25. The van der Waals surface area contributed by atoms with Crippen molar-refractivity contribution in [2.45, 2.75) is 20.0 Å². The van der Waals surface area contributed by atoms with Gasteiger partial charge < -0.3 is 9.47 Å². The number of carbonyl (C=O) groups is 1. The van der Waals surface area contributed by atoms with E-state index >= 15 is 0 Å². The molecule has 0 aliphatic rings. The van der Waals surface area contributed by atoms with E-state index in [4.69, 9.17) is 9.47 Å². The zero-order valence-electron chi connectivity index (χ0n) is 10.6. The van der Waals surface area contributed by atoms with E-state index in [1.165, 1.54) is 0 Å². The lowest BCUT2D eigenvalue weighted by atomic mass is 10.1. The Morgan fingerprint density at radius 2 is 1.89 bits per heavy atom. The lowest BCUT2D eigenvalue weighted by Gasteiger charge is -2.13. The van der Waals surface area contributed by atoms with Crippen molar-refractivity contribution in [2.75, 3.05) is 6.61 Å². The van der Waals surface area contributed by atoms with E-state index in [0.29, 0.717) is 12.4 Å². The fourth-order valence-corrected chi connectivity index (χ4v) is 1.75. The standard InChI is InChI=1S/C15H16O3/c1-3-17-15(16)11(2)18-14-9-8-12-6-4-5-7-13(12)10-14/h4-11H,3H2,1-2H3/t11-/m0/s1. The molecule has 2 rings (SSSR count). The Morgan fingerprint density at radius 1 is 1.17 bits per heavy atom. The Balaban J connectivity index is 2.14. The topological polar surface area (TPSA) is 35.5 Å². The van der Waals surface area contributed by atoms with E-state index in [1.54, 1.807) is 13.8 Å². The van der Waals surface area contributed by atoms with Gasteiger partial charge in [-0.25, -0.2) is 4.79 Å². The summed E-state index contributed by atoms with van der Waals surface area (Å²) in [4.78, 5) is 11.5. The quantitative estimate of drug-likeness (QED) is 0.775. The van der Waals surface area contributed by atoms with Gasteiger partial charge in [-0.05, 0) is 36.8 Å². The summed E-state index contributed by atoms with van der Waals surface area (Å²) in [6, 6.07) is 13.8. The monoisotopic (exact) mass is 244 g/mol. The molecule has 3 heteroatoms. The van der Waals surface area contributed by atoms with Crippen LogP contribution in [0.1, 0.15) is 13.8 Å². The van der Waals surface area contributed by atoms with Crippen molar-refractivity contribution in [3.8, 4) is 5.75 Å². The Bertz CT molecular complexity index is 548. The molecule has 0 aliphatic heterocycles. The Morgan fingerprint density at radius 3 is 2.61 bits per heavy atom. The molecule has 3 nitrogen and oxygen atoms in total. The summed E-state index contributed by atoms with van der Waals surface area (Å²) in [5.74, 6) is 0.333. The third-order valence-corrected chi connectivity index (χ3v) is 2.65. The van der Waals surface area contributed by atoms with Crippen LogP contribution in [0.5, 0.6) is 5.75 Å². The maximum absolute atomic E-state index is 11.5. The minimum atomic E-state index is -0.592. The lowest BCUT2D eigenvalue weighted by molar-refractivity contribution is -0.150. The average molecular weight is 244 g/mol. The summed E-state index contributed by atoms with van der Waals surface area (Å²) in [5.41, 5.74) is 0. The summed E-state index contributed by atoms with van der Waals surface area (Å²) in [6.45, 7) is 3.83.